The molecule has 0 saturated heterocycles. The van der Waals surface area contributed by atoms with Gasteiger partial charge in [-0.05, 0) is 47.4 Å². The second-order valence-electron chi connectivity index (χ2n) is 7.55. The molecule has 0 unspecified atom stereocenters. The Balaban J connectivity index is 2.22. The van der Waals surface area contributed by atoms with E-state index in [2.05, 4.69) is 14.8 Å². The van der Waals surface area contributed by atoms with E-state index in [4.69, 9.17) is 0 Å². The van der Waals surface area contributed by atoms with Gasteiger partial charge >= 0.3 is 18.8 Å². The third kappa shape index (κ3) is 7.29. The first-order valence-corrected chi connectivity index (χ1v) is 10.1. The quantitative estimate of drug-likeness (QED) is 0.358. The Kier molecular flexibility index (Phi) is 7.47. The summed E-state index contributed by atoms with van der Waals surface area (Å²) < 4.78 is 85.3. The highest BCUT2D eigenvalue weighted by atomic mass is 19.4. The molecule has 5 nitrogen and oxygen atoms in total. The summed E-state index contributed by atoms with van der Waals surface area (Å²) in [5.74, 6) is -1.13. The van der Waals surface area contributed by atoms with Gasteiger partial charge in [-0.1, -0.05) is 54.6 Å². The van der Waals surface area contributed by atoms with Crippen LogP contribution in [0.15, 0.2) is 78.9 Å². The number of ether oxygens (including phenoxy) is 2. The smallest absolute Gasteiger partial charge is 0.465 e. The van der Waals surface area contributed by atoms with Gasteiger partial charge in [0.2, 0.25) is 0 Å². The first kappa shape index (κ1) is 25.7. The molecule has 0 bridgehead atoms. The SMILES string of the molecule is O=C(O)NCC(Cc1ccccc1)(c1cccc(OC(F)(F)F)c1)c1cccc(OC(F)(F)F)c1. The first-order valence-electron chi connectivity index (χ1n) is 10.1. The molecule has 11 heteroatoms. The van der Waals surface area contributed by atoms with Crippen LogP contribution in [-0.2, 0) is 11.8 Å². The molecular formula is C24H19F6NO4. The summed E-state index contributed by atoms with van der Waals surface area (Å²) in [5, 5.41) is 11.5. The van der Waals surface area contributed by atoms with Crippen LogP contribution in [0.25, 0.3) is 0 Å². The second kappa shape index (κ2) is 10.2. The topological polar surface area (TPSA) is 67.8 Å². The number of halogens is 6. The van der Waals surface area contributed by atoms with E-state index in [1.165, 1.54) is 24.3 Å². The Labute approximate surface area is 195 Å². The minimum atomic E-state index is -4.99. The third-order valence-corrected chi connectivity index (χ3v) is 5.13. The van der Waals surface area contributed by atoms with Gasteiger partial charge in [-0.2, -0.15) is 0 Å². The van der Waals surface area contributed by atoms with E-state index in [0.717, 1.165) is 24.3 Å². The van der Waals surface area contributed by atoms with Crippen molar-refractivity contribution < 1.29 is 45.7 Å². The molecule has 3 aromatic rings. The Morgan fingerprint density at radius 2 is 1.23 bits per heavy atom. The largest absolute Gasteiger partial charge is 0.573 e. The molecule has 0 aliphatic heterocycles. The van der Waals surface area contributed by atoms with Crippen molar-refractivity contribution in [2.45, 2.75) is 24.6 Å². The number of hydrogen-bond donors (Lipinski definition) is 2. The Bertz CT molecular complexity index is 1090. The number of alkyl halides is 6. The number of amides is 1. The van der Waals surface area contributed by atoms with Crippen molar-refractivity contribution in [1.82, 2.24) is 5.32 Å². The fourth-order valence-electron chi connectivity index (χ4n) is 3.79. The molecule has 2 N–H and O–H groups in total. The number of rotatable bonds is 8. The van der Waals surface area contributed by atoms with E-state index < -0.39 is 35.7 Å². The molecule has 1 amide bonds. The van der Waals surface area contributed by atoms with Crippen molar-refractivity contribution in [2.24, 2.45) is 0 Å². The number of carbonyl (C=O) groups is 1. The summed E-state index contributed by atoms with van der Waals surface area (Å²) in [6, 6.07) is 18.3. The van der Waals surface area contributed by atoms with Gasteiger partial charge in [0.15, 0.2) is 0 Å². The average Bonchev–Trinajstić information content (AvgIpc) is 2.75. The van der Waals surface area contributed by atoms with Crippen LogP contribution < -0.4 is 14.8 Å². The molecule has 0 heterocycles. The molecule has 0 fully saturated rings. The predicted molar refractivity (Wildman–Crippen MR) is 113 cm³/mol. The van der Waals surface area contributed by atoms with Crippen LogP contribution in [0, 0.1) is 0 Å². The van der Waals surface area contributed by atoms with Crippen LogP contribution in [0.4, 0.5) is 31.1 Å². The molecule has 3 aromatic carbocycles. The lowest BCUT2D eigenvalue weighted by Crippen LogP contribution is -2.43. The van der Waals surface area contributed by atoms with Crippen molar-refractivity contribution in [3.05, 3.63) is 95.6 Å². The van der Waals surface area contributed by atoms with Crippen LogP contribution in [0.2, 0.25) is 0 Å². The van der Waals surface area contributed by atoms with Crippen molar-refractivity contribution in [3.63, 3.8) is 0 Å². The summed E-state index contributed by atoms with van der Waals surface area (Å²) in [4.78, 5) is 11.4. The van der Waals surface area contributed by atoms with E-state index in [1.54, 1.807) is 30.3 Å². The van der Waals surface area contributed by atoms with Gasteiger partial charge in [-0.25, -0.2) is 4.79 Å². The van der Waals surface area contributed by atoms with Crippen molar-refractivity contribution in [3.8, 4) is 11.5 Å². The van der Waals surface area contributed by atoms with Gasteiger partial charge in [0.1, 0.15) is 11.5 Å². The third-order valence-electron chi connectivity index (χ3n) is 5.13. The van der Waals surface area contributed by atoms with E-state index in [0.29, 0.717) is 5.56 Å². The Hall–Kier alpha value is -3.89. The van der Waals surface area contributed by atoms with Gasteiger partial charge in [-0.3, -0.25) is 0 Å². The fourth-order valence-corrected chi connectivity index (χ4v) is 3.79. The summed E-state index contributed by atoms with van der Waals surface area (Å²) in [5.41, 5.74) is -0.415. The van der Waals surface area contributed by atoms with Crippen molar-refractivity contribution >= 4 is 6.09 Å². The van der Waals surface area contributed by atoms with E-state index in [-0.39, 0.29) is 24.1 Å². The molecule has 0 radical (unpaired) electrons. The number of nitrogens with one attached hydrogen (secondary N) is 1. The summed E-state index contributed by atoms with van der Waals surface area (Å²) in [7, 11) is 0. The summed E-state index contributed by atoms with van der Waals surface area (Å²) in [6.45, 7) is -0.373. The standard InChI is InChI=1S/C24H19F6NO4/c25-23(26,27)34-19-10-4-8-17(12-19)22(15-31-21(32)33,14-16-6-2-1-3-7-16)18-9-5-11-20(13-18)35-24(28,29)30/h1-13,31H,14-15H2,(H,32,33). The van der Waals surface area contributed by atoms with Crippen LogP contribution in [-0.4, -0.2) is 30.5 Å². The molecule has 0 spiro atoms. The van der Waals surface area contributed by atoms with Crippen molar-refractivity contribution in [2.75, 3.05) is 6.54 Å². The van der Waals surface area contributed by atoms with Gasteiger partial charge in [-0.15, -0.1) is 26.3 Å². The lowest BCUT2D eigenvalue weighted by molar-refractivity contribution is -0.275. The minimum absolute atomic E-state index is 0.0268. The van der Waals surface area contributed by atoms with Crippen molar-refractivity contribution in [1.29, 1.82) is 0 Å². The first-order chi connectivity index (χ1) is 16.4. The molecule has 0 atom stereocenters. The molecule has 0 aliphatic carbocycles. The monoisotopic (exact) mass is 499 g/mol. The van der Waals surface area contributed by atoms with Gasteiger partial charge in [0.25, 0.3) is 0 Å². The average molecular weight is 499 g/mol. The van der Waals surface area contributed by atoms with Gasteiger partial charge in [0.05, 0.1) is 0 Å². The number of hydrogen-bond acceptors (Lipinski definition) is 3. The zero-order valence-corrected chi connectivity index (χ0v) is 17.9. The number of carboxylic acid groups (broad SMARTS) is 1. The van der Waals surface area contributed by atoms with Crippen LogP contribution in [0.1, 0.15) is 16.7 Å². The lowest BCUT2D eigenvalue weighted by Gasteiger charge is -2.36. The zero-order chi connectivity index (χ0) is 25.7. The zero-order valence-electron chi connectivity index (χ0n) is 17.9. The van der Waals surface area contributed by atoms with E-state index in [9.17, 15) is 36.2 Å². The van der Waals surface area contributed by atoms with E-state index >= 15 is 0 Å². The molecule has 0 aliphatic rings. The van der Waals surface area contributed by atoms with Crippen LogP contribution >= 0.6 is 0 Å². The van der Waals surface area contributed by atoms with Crippen LogP contribution in [0.5, 0.6) is 11.5 Å². The number of benzene rings is 3. The van der Waals surface area contributed by atoms with Gasteiger partial charge < -0.3 is 19.9 Å². The minimum Gasteiger partial charge on any atom is -0.465 e. The summed E-state index contributed by atoms with van der Waals surface area (Å²) >= 11 is 0. The Morgan fingerprint density at radius 1 is 0.743 bits per heavy atom. The molecule has 35 heavy (non-hydrogen) atoms. The second-order valence-corrected chi connectivity index (χ2v) is 7.55. The highest BCUT2D eigenvalue weighted by molar-refractivity contribution is 5.65. The van der Waals surface area contributed by atoms with Gasteiger partial charge in [0, 0.05) is 12.0 Å². The molecule has 0 aromatic heterocycles. The maximum atomic E-state index is 12.9. The maximum absolute atomic E-state index is 12.9. The highest BCUT2D eigenvalue weighted by Gasteiger charge is 2.38. The normalized spacial score (nSPS) is 12.2. The van der Waals surface area contributed by atoms with Crippen LogP contribution in [0.3, 0.4) is 0 Å². The molecule has 3 rings (SSSR count). The highest BCUT2D eigenvalue weighted by Crippen LogP contribution is 2.39. The molecule has 186 valence electrons. The summed E-state index contributed by atoms with van der Waals surface area (Å²) in [6.07, 6.45) is -11.4. The fraction of sp³-hybridized carbons (Fsp3) is 0.208. The molecular weight excluding hydrogens is 480 g/mol. The predicted octanol–water partition coefficient (Wildman–Crippen LogP) is 6.28. The van der Waals surface area contributed by atoms with E-state index in [1.807, 2.05) is 0 Å². The molecule has 0 saturated carbocycles. The maximum Gasteiger partial charge on any atom is 0.573 e. The lowest BCUT2D eigenvalue weighted by atomic mass is 9.70. The Morgan fingerprint density at radius 3 is 1.66 bits per heavy atom.